The number of nitriles is 1. The summed E-state index contributed by atoms with van der Waals surface area (Å²) in [5.41, 5.74) is 1.81. The molecule has 0 spiro atoms. The minimum Gasteiger partial charge on any atom is -0.496 e. The third-order valence-corrected chi connectivity index (χ3v) is 3.54. The summed E-state index contributed by atoms with van der Waals surface area (Å²) >= 11 is 5.95. The van der Waals surface area contributed by atoms with Gasteiger partial charge in [0.15, 0.2) is 5.78 Å². The Morgan fingerprint density at radius 2 is 2.00 bits per heavy atom. The van der Waals surface area contributed by atoms with Crippen molar-refractivity contribution in [3.05, 3.63) is 64.2 Å². The summed E-state index contributed by atoms with van der Waals surface area (Å²) in [7, 11) is 1.52. The molecule has 106 valence electrons. The molecule has 0 N–H and O–H groups in total. The average Bonchev–Trinajstić information content (AvgIpc) is 2.50. The highest BCUT2D eigenvalue weighted by molar-refractivity contribution is 6.31. The summed E-state index contributed by atoms with van der Waals surface area (Å²) in [6.45, 7) is 1.82. The van der Waals surface area contributed by atoms with Crippen LogP contribution in [0.4, 0.5) is 0 Å². The molecular weight excluding hydrogens is 286 g/mol. The van der Waals surface area contributed by atoms with Gasteiger partial charge < -0.3 is 4.74 Å². The van der Waals surface area contributed by atoms with Crippen molar-refractivity contribution in [1.82, 2.24) is 0 Å². The van der Waals surface area contributed by atoms with Crippen molar-refractivity contribution in [3.8, 4) is 11.8 Å². The number of carbonyl (C=O) groups is 1. The van der Waals surface area contributed by atoms with Gasteiger partial charge in [0.2, 0.25) is 0 Å². The number of aryl methyl sites for hydroxylation is 1. The monoisotopic (exact) mass is 299 g/mol. The Bertz CT molecular complexity index is 719. The molecule has 0 heterocycles. The summed E-state index contributed by atoms with van der Waals surface area (Å²) in [6.07, 6.45) is 0. The number of para-hydroxylation sites is 1. The van der Waals surface area contributed by atoms with Crippen LogP contribution in [0.25, 0.3) is 0 Å². The zero-order chi connectivity index (χ0) is 15.4. The molecule has 1 unspecified atom stereocenters. The largest absolute Gasteiger partial charge is 0.496 e. The third-order valence-electron chi connectivity index (χ3n) is 3.31. The fourth-order valence-corrected chi connectivity index (χ4v) is 2.36. The molecule has 0 bridgehead atoms. The SMILES string of the molecule is COc1ccccc1C(C#N)C(=O)c1cc(Cl)ccc1C. The van der Waals surface area contributed by atoms with Crippen molar-refractivity contribution in [2.24, 2.45) is 0 Å². The lowest BCUT2D eigenvalue weighted by Gasteiger charge is -2.14. The van der Waals surface area contributed by atoms with Crippen molar-refractivity contribution in [1.29, 1.82) is 5.26 Å². The van der Waals surface area contributed by atoms with Gasteiger partial charge in [-0.15, -0.1) is 0 Å². The van der Waals surface area contributed by atoms with Crippen LogP contribution in [0.2, 0.25) is 5.02 Å². The van der Waals surface area contributed by atoms with E-state index < -0.39 is 5.92 Å². The number of nitrogens with zero attached hydrogens (tertiary/aromatic N) is 1. The van der Waals surface area contributed by atoms with Gasteiger partial charge in [0.1, 0.15) is 11.7 Å². The number of rotatable bonds is 4. The van der Waals surface area contributed by atoms with E-state index in [9.17, 15) is 10.1 Å². The molecule has 1 atom stereocenters. The van der Waals surface area contributed by atoms with E-state index >= 15 is 0 Å². The van der Waals surface area contributed by atoms with Gasteiger partial charge in [0.25, 0.3) is 0 Å². The van der Waals surface area contributed by atoms with Gasteiger partial charge in [0.05, 0.1) is 13.2 Å². The quantitative estimate of drug-likeness (QED) is 0.797. The van der Waals surface area contributed by atoms with E-state index in [1.807, 2.05) is 6.92 Å². The first kappa shape index (κ1) is 15.1. The fourth-order valence-electron chi connectivity index (χ4n) is 2.19. The van der Waals surface area contributed by atoms with Crippen LogP contribution in [0.3, 0.4) is 0 Å². The van der Waals surface area contributed by atoms with Crippen LogP contribution in [-0.2, 0) is 0 Å². The second kappa shape index (κ2) is 6.43. The Morgan fingerprint density at radius 3 is 2.67 bits per heavy atom. The highest BCUT2D eigenvalue weighted by Crippen LogP contribution is 2.30. The normalized spacial score (nSPS) is 11.5. The second-order valence-electron chi connectivity index (χ2n) is 4.63. The molecule has 21 heavy (non-hydrogen) atoms. The molecule has 0 aliphatic heterocycles. The molecule has 0 amide bonds. The maximum Gasteiger partial charge on any atom is 0.184 e. The summed E-state index contributed by atoms with van der Waals surface area (Å²) in [4.78, 5) is 12.7. The van der Waals surface area contributed by atoms with Crippen LogP contribution in [0, 0.1) is 18.3 Å². The van der Waals surface area contributed by atoms with E-state index in [1.54, 1.807) is 42.5 Å². The zero-order valence-corrected chi connectivity index (χ0v) is 12.5. The van der Waals surface area contributed by atoms with Gasteiger partial charge >= 0.3 is 0 Å². The van der Waals surface area contributed by atoms with E-state index in [0.717, 1.165) is 5.56 Å². The number of methoxy groups -OCH3 is 1. The highest BCUT2D eigenvalue weighted by Gasteiger charge is 2.25. The molecule has 0 fully saturated rings. The third kappa shape index (κ3) is 3.07. The summed E-state index contributed by atoms with van der Waals surface area (Å²) in [5, 5.41) is 9.90. The lowest BCUT2D eigenvalue weighted by molar-refractivity contribution is 0.0977. The molecule has 3 nitrogen and oxygen atoms in total. The molecule has 0 saturated heterocycles. The number of carbonyl (C=O) groups excluding carboxylic acids is 1. The van der Waals surface area contributed by atoms with Crippen LogP contribution < -0.4 is 4.74 Å². The Morgan fingerprint density at radius 1 is 1.29 bits per heavy atom. The van der Waals surface area contributed by atoms with Crippen LogP contribution in [0.15, 0.2) is 42.5 Å². The second-order valence-corrected chi connectivity index (χ2v) is 5.06. The van der Waals surface area contributed by atoms with Gasteiger partial charge in [-0.3, -0.25) is 4.79 Å². The molecular formula is C17H14ClNO2. The predicted octanol–water partition coefficient (Wildman–Crippen LogP) is 4.15. The fraction of sp³-hybridized carbons (Fsp3) is 0.176. The zero-order valence-electron chi connectivity index (χ0n) is 11.8. The lowest BCUT2D eigenvalue weighted by Crippen LogP contribution is -2.13. The Labute approximate surface area is 128 Å². The van der Waals surface area contributed by atoms with Gasteiger partial charge in [-0.25, -0.2) is 0 Å². The number of hydrogen-bond donors (Lipinski definition) is 0. The minimum atomic E-state index is -0.918. The average molecular weight is 300 g/mol. The standard InChI is InChI=1S/C17H14ClNO2/c1-11-7-8-12(18)9-14(11)17(20)15(10-19)13-5-3-4-6-16(13)21-2/h3-9,15H,1-2H3. The van der Waals surface area contributed by atoms with Crippen molar-refractivity contribution >= 4 is 17.4 Å². The number of Topliss-reactive ketones (excluding diaryl/α,β-unsaturated/α-hetero) is 1. The van der Waals surface area contributed by atoms with Crippen LogP contribution in [-0.4, -0.2) is 12.9 Å². The summed E-state index contributed by atoms with van der Waals surface area (Å²) in [6, 6.07) is 14.2. The minimum absolute atomic E-state index is 0.276. The van der Waals surface area contributed by atoms with Crippen LogP contribution in [0.5, 0.6) is 5.75 Å². The van der Waals surface area contributed by atoms with E-state index in [-0.39, 0.29) is 5.78 Å². The highest BCUT2D eigenvalue weighted by atomic mass is 35.5. The number of halogens is 1. The van der Waals surface area contributed by atoms with Gasteiger partial charge in [-0.05, 0) is 30.7 Å². The Hall–Kier alpha value is -2.31. The van der Waals surface area contributed by atoms with E-state index in [4.69, 9.17) is 16.3 Å². The molecule has 4 heteroatoms. The van der Waals surface area contributed by atoms with E-state index in [1.165, 1.54) is 7.11 Å². The molecule has 0 aromatic heterocycles. The molecule has 0 aliphatic carbocycles. The maximum atomic E-state index is 12.7. The predicted molar refractivity (Wildman–Crippen MR) is 81.9 cm³/mol. The van der Waals surface area contributed by atoms with Crippen molar-refractivity contribution in [3.63, 3.8) is 0 Å². The van der Waals surface area contributed by atoms with Gasteiger partial charge in [-0.1, -0.05) is 35.9 Å². The number of ketones is 1. The van der Waals surface area contributed by atoms with Crippen molar-refractivity contribution < 1.29 is 9.53 Å². The Kier molecular flexibility index (Phi) is 4.62. The van der Waals surface area contributed by atoms with Crippen LogP contribution in [0.1, 0.15) is 27.4 Å². The van der Waals surface area contributed by atoms with E-state index in [0.29, 0.717) is 21.9 Å². The first-order chi connectivity index (χ1) is 10.1. The smallest absolute Gasteiger partial charge is 0.184 e. The molecule has 2 aromatic carbocycles. The first-order valence-electron chi connectivity index (χ1n) is 6.41. The molecule has 2 rings (SSSR count). The summed E-state index contributed by atoms with van der Waals surface area (Å²) < 4.78 is 5.24. The van der Waals surface area contributed by atoms with Gasteiger partial charge in [0, 0.05) is 16.1 Å². The maximum absolute atomic E-state index is 12.7. The van der Waals surface area contributed by atoms with Crippen molar-refractivity contribution in [2.75, 3.05) is 7.11 Å². The van der Waals surface area contributed by atoms with Gasteiger partial charge in [-0.2, -0.15) is 5.26 Å². The first-order valence-corrected chi connectivity index (χ1v) is 6.79. The topological polar surface area (TPSA) is 50.1 Å². The van der Waals surface area contributed by atoms with E-state index in [2.05, 4.69) is 6.07 Å². The molecule has 2 aromatic rings. The Balaban J connectivity index is 2.49. The molecule has 0 saturated carbocycles. The summed E-state index contributed by atoms with van der Waals surface area (Å²) in [5.74, 6) is -0.669. The molecule has 0 aliphatic rings. The van der Waals surface area contributed by atoms with Crippen LogP contribution >= 0.6 is 11.6 Å². The lowest BCUT2D eigenvalue weighted by atomic mass is 9.89. The molecule has 0 radical (unpaired) electrons. The number of ether oxygens (including phenoxy) is 1. The van der Waals surface area contributed by atoms with Crippen molar-refractivity contribution in [2.45, 2.75) is 12.8 Å². The number of benzene rings is 2. The number of hydrogen-bond acceptors (Lipinski definition) is 3.